The highest BCUT2D eigenvalue weighted by Crippen LogP contribution is 2.18. The summed E-state index contributed by atoms with van der Waals surface area (Å²) in [5.74, 6) is 0.488. The van der Waals surface area contributed by atoms with Crippen LogP contribution in [0.15, 0.2) is 42.9 Å². The van der Waals surface area contributed by atoms with Crippen LogP contribution >= 0.6 is 0 Å². The van der Waals surface area contributed by atoms with Crippen LogP contribution in [-0.4, -0.2) is 58.6 Å². The van der Waals surface area contributed by atoms with E-state index in [0.29, 0.717) is 37.8 Å². The van der Waals surface area contributed by atoms with E-state index in [4.69, 9.17) is 4.74 Å². The van der Waals surface area contributed by atoms with Crippen LogP contribution < -0.4 is 5.32 Å². The normalized spacial score (nSPS) is 14.5. The number of hydrogen-bond donors (Lipinski definition) is 2. The first-order chi connectivity index (χ1) is 12.8. The maximum Gasteiger partial charge on any atom is 0.257 e. The summed E-state index contributed by atoms with van der Waals surface area (Å²) in [6, 6.07) is 8.25. The number of rotatable bonds is 5. The molecule has 1 fully saturated rings. The van der Waals surface area contributed by atoms with Gasteiger partial charge in [-0.2, -0.15) is 0 Å². The molecule has 0 radical (unpaired) electrons. The monoisotopic (exact) mass is 351 g/mol. The number of H-pyrrole nitrogens is 1. The number of para-hydroxylation sites is 1. The van der Waals surface area contributed by atoms with Crippen LogP contribution in [0.25, 0.3) is 10.9 Å². The quantitative estimate of drug-likeness (QED) is 0.735. The van der Waals surface area contributed by atoms with Crippen molar-refractivity contribution in [3.63, 3.8) is 0 Å². The van der Waals surface area contributed by atoms with E-state index in [1.807, 2.05) is 18.3 Å². The number of nitrogens with zero attached hydrogens (tertiary/aromatic N) is 3. The van der Waals surface area contributed by atoms with Gasteiger partial charge in [0.2, 0.25) is 5.95 Å². The number of ether oxygens (including phenoxy) is 1. The lowest BCUT2D eigenvalue weighted by atomic mass is 10.1. The summed E-state index contributed by atoms with van der Waals surface area (Å²) in [5, 5.41) is 4.45. The summed E-state index contributed by atoms with van der Waals surface area (Å²) in [4.78, 5) is 26.0. The van der Waals surface area contributed by atoms with E-state index in [9.17, 15) is 4.79 Å². The third-order valence-electron chi connectivity index (χ3n) is 4.55. The molecular weight excluding hydrogens is 330 g/mol. The van der Waals surface area contributed by atoms with Gasteiger partial charge in [-0.15, -0.1) is 0 Å². The molecule has 0 unspecified atom stereocenters. The lowest BCUT2D eigenvalue weighted by molar-refractivity contribution is 0.0302. The second kappa shape index (κ2) is 7.53. The third kappa shape index (κ3) is 3.52. The molecular formula is C19H21N5O2. The Morgan fingerprint density at radius 2 is 1.96 bits per heavy atom. The van der Waals surface area contributed by atoms with Crippen LogP contribution in [0.3, 0.4) is 0 Å². The topological polar surface area (TPSA) is 83.1 Å². The van der Waals surface area contributed by atoms with Gasteiger partial charge in [-0.25, -0.2) is 9.97 Å². The molecule has 7 heteroatoms. The zero-order chi connectivity index (χ0) is 17.8. The molecule has 3 heterocycles. The van der Waals surface area contributed by atoms with Crippen molar-refractivity contribution >= 4 is 22.8 Å². The Balaban J connectivity index is 1.33. The minimum Gasteiger partial charge on any atom is -0.378 e. The zero-order valence-electron chi connectivity index (χ0n) is 14.4. The van der Waals surface area contributed by atoms with Crippen molar-refractivity contribution in [1.29, 1.82) is 0 Å². The first-order valence-electron chi connectivity index (χ1n) is 8.79. The van der Waals surface area contributed by atoms with Crippen molar-refractivity contribution in [1.82, 2.24) is 19.9 Å². The number of nitrogens with one attached hydrogen (secondary N) is 2. The fourth-order valence-corrected chi connectivity index (χ4v) is 3.13. The van der Waals surface area contributed by atoms with Crippen molar-refractivity contribution in [3.05, 3.63) is 54.0 Å². The average Bonchev–Trinajstić information content (AvgIpc) is 3.12. The van der Waals surface area contributed by atoms with Gasteiger partial charge < -0.3 is 19.9 Å². The molecule has 2 aromatic heterocycles. The number of anilines is 1. The van der Waals surface area contributed by atoms with Gasteiger partial charge in [0.25, 0.3) is 5.91 Å². The Labute approximate surface area is 151 Å². The van der Waals surface area contributed by atoms with E-state index in [0.717, 1.165) is 18.5 Å². The first kappa shape index (κ1) is 16.5. The minimum absolute atomic E-state index is 0.0429. The fraction of sp³-hybridized carbons (Fsp3) is 0.316. The number of fused-ring (bicyclic) bond motifs is 1. The first-order valence-corrected chi connectivity index (χ1v) is 8.79. The third-order valence-corrected chi connectivity index (χ3v) is 4.55. The molecule has 4 rings (SSSR count). The molecule has 26 heavy (non-hydrogen) atoms. The predicted octanol–water partition coefficient (Wildman–Crippen LogP) is 2.08. The number of amides is 1. The van der Waals surface area contributed by atoms with E-state index in [1.54, 1.807) is 17.3 Å². The molecule has 1 aliphatic heterocycles. The highest BCUT2D eigenvalue weighted by atomic mass is 16.5. The summed E-state index contributed by atoms with van der Waals surface area (Å²) in [5.41, 5.74) is 2.91. The predicted molar refractivity (Wildman–Crippen MR) is 99.2 cm³/mol. The van der Waals surface area contributed by atoms with Crippen LogP contribution in [0.1, 0.15) is 15.9 Å². The minimum atomic E-state index is -0.0429. The van der Waals surface area contributed by atoms with Crippen LogP contribution in [0.2, 0.25) is 0 Å². The average molecular weight is 351 g/mol. The summed E-state index contributed by atoms with van der Waals surface area (Å²) >= 11 is 0. The lowest BCUT2D eigenvalue weighted by Gasteiger charge is -2.26. The van der Waals surface area contributed by atoms with Crippen LogP contribution in [0.5, 0.6) is 0 Å². The standard InChI is InChI=1S/C19H21N5O2/c25-18(24-7-9-26-10-8-24)15-12-22-19(23-13-15)20-6-5-14-11-21-17-4-2-1-3-16(14)17/h1-4,11-13,21H,5-10H2,(H,20,22,23). The van der Waals surface area contributed by atoms with Gasteiger partial charge in [0.05, 0.1) is 18.8 Å². The summed E-state index contributed by atoms with van der Waals surface area (Å²) in [6.07, 6.45) is 6.07. The number of carbonyl (C=O) groups is 1. The molecule has 7 nitrogen and oxygen atoms in total. The molecule has 2 N–H and O–H groups in total. The van der Waals surface area contributed by atoms with Crippen molar-refractivity contribution in [2.45, 2.75) is 6.42 Å². The fourth-order valence-electron chi connectivity index (χ4n) is 3.13. The number of morpholine rings is 1. The lowest BCUT2D eigenvalue weighted by Crippen LogP contribution is -2.40. The number of carbonyl (C=O) groups excluding carboxylic acids is 1. The zero-order valence-corrected chi connectivity index (χ0v) is 14.4. The van der Waals surface area contributed by atoms with Crippen molar-refractivity contribution in [2.24, 2.45) is 0 Å². The molecule has 0 aliphatic carbocycles. The van der Waals surface area contributed by atoms with Gasteiger partial charge in [-0.3, -0.25) is 4.79 Å². The summed E-state index contributed by atoms with van der Waals surface area (Å²) in [6.45, 7) is 3.12. The molecule has 0 saturated carbocycles. The van der Waals surface area contributed by atoms with Crippen molar-refractivity contribution in [3.8, 4) is 0 Å². The molecule has 1 saturated heterocycles. The van der Waals surface area contributed by atoms with Gasteiger partial charge >= 0.3 is 0 Å². The Bertz CT molecular complexity index is 884. The van der Waals surface area contributed by atoms with E-state index < -0.39 is 0 Å². The Morgan fingerprint density at radius 3 is 2.77 bits per heavy atom. The Morgan fingerprint density at radius 1 is 1.19 bits per heavy atom. The van der Waals surface area contributed by atoms with Gasteiger partial charge in [0.1, 0.15) is 0 Å². The Kier molecular flexibility index (Phi) is 4.79. The number of aromatic amines is 1. The van der Waals surface area contributed by atoms with E-state index in [1.165, 1.54) is 10.9 Å². The summed E-state index contributed by atoms with van der Waals surface area (Å²) in [7, 11) is 0. The van der Waals surface area contributed by atoms with Gasteiger partial charge in [-0.05, 0) is 18.1 Å². The van der Waals surface area contributed by atoms with Crippen molar-refractivity contribution < 1.29 is 9.53 Å². The number of aromatic nitrogens is 3. The van der Waals surface area contributed by atoms with Crippen molar-refractivity contribution in [2.75, 3.05) is 38.2 Å². The smallest absolute Gasteiger partial charge is 0.257 e. The number of hydrogen-bond acceptors (Lipinski definition) is 5. The van der Waals surface area contributed by atoms with Gasteiger partial charge in [-0.1, -0.05) is 18.2 Å². The maximum absolute atomic E-state index is 12.4. The molecule has 0 spiro atoms. The number of benzene rings is 1. The van der Waals surface area contributed by atoms with E-state index in [2.05, 4.69) is 32.4 Å². The van der Waals surface area contributed by atoms with Gasteiger partial charge in [0.15, 0.2) is 0 Å². The van der Waals surface area contributed by atoms with Crippen LogP contribution in [-0.2, 0) is 11.2 Å². The molecule has 1 amide bonds. The van der Waals surface area contributed by atoms with Crippen LogP contribution in [0.4, 0.5) is 5.95 Å². The maximum atomic E-state index is 12.4. The summed E-state index contributed by atoms with van der Waals surface area (Å²) < 4.78 is 5.27. The van der Waals surface area contributed by atoms with E-state index in [-0.39, 0.29) is 5.91 Å². The SMILES string of the molecule is O=C(c1cnc(NCCc2c[nH]c3ccccc23)nc1)N1CCOCC1. The largest absolute Gasteiger partial charge is 0.378 e. The molecule has 1 aliphatic rings. The Hall–Kier alpha value is -2.93. The molecule has 0 bridgehead atoms. The molecule has 3 aromatic rings. The molecule has 1 aromatic carbocycles. The van der Waals surface area contributed by atoms with E-state index >= 15 is 0 Å². The highest BCUT2D eigenvalue weighted by molar-refractivity contribution is 5.93. The van der Waals surface area contributed by atoms with Crippen LogP contribution in [0, 0.1) is 0 Å². The highest BCUT2D eigenvalue weighted by Gasteiger charge is 2.19. The second-order valence-electron chi connectivity index (χ2n) is 6.24. The second-order valence-corrected chi connectivity index (χ2v) is 6.24. The van der Waals surface area contributed by atoms with Gasteiger partial charge in [0, 0.05) is 49.1 Å². The molecule has 134 valence electrons. The molecule has 0 atom stereocenters.